The Hall–Kier alpha value is -2.69. The predicted molar refractivity (Wildman–Crippen MR) is 106 cm³/mol. The van der Waals surface area contributed by atoms with E-state index in [9.17, 15) is 24.0 Å². The van der Waals surface area contributed by atoms with Crippen molar-refractivity contribution in [1.29, 1.82) is 0 Å². The molecule has 7 N–H and O–H groups in total. The maximum atomic E-state index is 12.3. The van der Waals surface area contributed by atoms with Crippen molar-refractivity contribution in [2.45, 2.75) is 71.6 Å². The van der Waals surface area contributed by atoms with Crippen LogP contribution in [0, 0.1) is 5.92 Å². The number of nitrogens with two attached hydrogens (primary N) is 1. The molecule has 166 valence electrons. The highest BCUT2D eigenvalue weighted by Gasteiger charge is 2.34. The van der Waals surface area contributed by atoms with E-state index in [1.54, 1.807) is 13.8 Å². The molecule has 0 radical (unpaired) electrons. The van der Waals surface area contributed by atoms with Gasteiger partial charge in [0, 0.05) is 0 Å². The number of aliphatic carboxylic acids is 1. The van der Waals surface area contributed by atoms with Crippen molar-refractivity contribution >= 4 is 29.6 Å². The summed E-state index contributed by atoms with van der Waals surface area (Å²) in [7, 11) is 0. The fraction of sp³-hybridized carbons (Fsp3) is 0.722. The lowest BCUT2D eigenvalue weighted by atomic mass is 10.00. The molecule has 0 saturated heterocycles. The summed E-state index contributed by atoms with van der Waals surface area (Å²) in [6.45, 7) is 10.1. The molecule has 0 aromatic carbocycles. The first kappa shape index (κ1) is 26.3. The van der Waals surface area contributed by atoms with E-state index < -0.39 is 59.3 Å². The lowest BCUT2D eigenvalue weighted by Gasteiger charge is -2.28. The first-order chi connectivity index (χ1) is 13.0. The average Bonchev–Trinajstić information content (AvgIpc) is 2.57. The molecule has 0 spiro atoms. The van der Waals surface area contributed by atoms with Crippen LogP contribution in [0.4, 0.5) is 0 Å². The molecule has 0 bridgehead atoms. The van der Waals surface area contributed by atoms with Crippen molar-refractivity contribution in [3.8, 4) is 0 Å². The number of carboxylic acids is 1. The Morgan fingerprint density at radius 2 is 1.38 bits per heavy atom. The molecular formula is C18H33N5O6. The fourth-order valence-corrected chi connectivity index (χ4v) is 2.02. The molecule has 2 atom stereocenters. The molecule has 0 fully saturated rings. The first-order valence-corrected chi connectivity index (χ1v) is 9.22. The van der Waals surface area contributed by atoms with Crippen LogP contribution >= 0.6 is 0 Å². The minimum atomic E-state index is -1.40. The monoisotopic (exact) mass is 415 g/mol. The summed E-state index contributed by atoms with van der Waals surface area (Å²) in [5.74, 6) is -3.79. The zero-order valence-corrected chi connectivity index (χ0v) is 18.0. The van der Waals surface area contributed by atoms with Crippen LogP contribution in [0.25, 0.3) is 0 Å². The summed E-state index contributed by atoms with van der Waals surface area (Å²) in [4.78, 5) is 59.4. The quantitative estimate of drug-likeness (QED) is 0.250. The van der Waals surface area contributed by atoms with Crippen molar-refractivity contribution in [2.75, 3.05) is 6.54 Å². The first-order valence-electron chi connectivity index (χ1n) is 9.22. The molecule has 29 heavy (non-hydrogen) atoms. The van der Waals surface area contributed by atoms with Crippen molar-refractivity contribution in [2.24, 2.45) is 11.7 Å². The topological polar surface area (TPSA) is 180 Å². The second-order valence-corrected chi connectivity index (χ2v) is 8.27. The molecule has 0 aliphatic carbocycles. The van der Waals surface area contributed by atoms with Gasteiger partial charge in [0.15, 0.2) is 0 Å². The summed E-state index contributed by atoms with van der Waals surface area (Å²) < 4.78 is 0. The van der Waals surface area contributed by atoms with Gasteiger partial charge in [-0.25, -0.2) is 0 Å². The molecule has 11 nitrogen and oxygen atoms in total. The molecule has 0 aromatic rings. The van der Waals surface area contributed by atoms with E-state index in [2.05, 4.69) is 21.3 Å². The largest absolute Gasteiger partial charge is 0.480 e. The predicted octanol–water partition coefficient (Wildman–Crippen LogP) is -1.54. The van der Waals surface area contributed by atoms with Gasteiger partial charge in [-0.2, -0.15) is 0 Å². The molecule has 0 aliphatic heterocycles. The second kappa shape index (κ2) is 10.2. The van der Waals surface area contributed by atoms with Crippen molar-refractivity contribution in [3.05, 3.63) is 0 Å². The zero-order chi connectivity index (χ0) is 23.2. The van der Waals surface area contributed by atoms with E-state index in [0.29, 0.717) is 0 Å². The van der Waals surface area contributed by atoms with E-state index in [1.807, 2.05) is 0 Å². The molecule has 11 heteroatoms. The molecule has 0 unspecified atom stereocenters. The standard InChI is InChI=1S/C18H33N5O6/c1-9(2)12(19)13(25)23-17(4,5)15(28)20-8-11(24)22-18(6,7)16(29)21-10(3)14(26)27/h9-10,12H,8,19H2,1-7H3,(H,20,28)(H,21,29)(H,22,24)(H,23,25)(H,26,27)/t10-,12-/m0/s1. The van der Waals surface area contributed by atoms with Crippen molar-refractivity contribution in [1.82, 2.24) is 21.3 Å². The lowest BCUT2D eigenvalue weighted by molar-refractivity contribution is -0.142. The number of rotatable bonds is 10. The normalized spacial score (nSPS) is 13.8. The van der Waals surface area contributed by atoms with Gasteiger partial charge in [-0.1, -0.05) is 13.8 Å². The van der Waals surface area contributed by atoms with Gasteiger partial charge in [0.2, 0.25) is 23.6 Å². The summed E-state index contributed by atoms with van der Waals surface area (Å²) in [5, 5.41) is 18.4. The maximum absolute atomic E-state index is 12.3. The van der Waals surface area contributed by atoms with Crippen LogP contribution in [0.15, 0.2) is 0 Å². The molecule has 0 aromatic heterocycles. The molecule has 4 amide bonds. The Balaban J connectivity index is 4.75. The van der Waals surface area contributed by atoms with Crippen LogP contribution in [0.1, 0.15) is 48.5 Å². The smallest absolute Gasteiger partial charge is 0.325 e. The fourth-order valence-electron chi connectivity index (χ4n) is 2.02. The van der Waals surface area contributed by atoms with Gasteiger partial charge in [-0.15, -0.1) is 0 Å². The number of nitrogens with one attached hydrogen (secondary N) is 4. The Bertz CT molecular complexity index is 659. The number of hydrogen-bond acceptors (Lipinski definition) is 6. The summed E-state index contributed by atoms with van der Waals surface area (Å²) >= 11 is 0. The summed E-state index contributed by atoms with van der Waals surface area (Å²) in [5.41, 5.74) is 3.04. The van der Waals surface area contributed by atoms with Crippen LogP contribution in [-0.2, 0) is 24.0 Å². The van der Waals surface area contributed by atoms with Gasteiger partial charge in [-0.3, -0.25) is 24.0 Å². The van der Waals surface area contributed by atoms with Gasteiger partial charge < -0.3 is 32.1 Å². The maximum Gasteiger partial charge on any atom is 0.325 e. The number of carboxylic acid groups (broad SMARTS) is 1. The van der Waals surface area contributed by atoms with Crippen LogP contribution in [0.2, 0.25) is 0 Å². The van der Waals surface area contributed by atoms with E-state index >= 15 is 0 Å². The number of amides is 4. The third kappa shape index (κ3) is 8.46. The number of carbonyl (C=O) groups excluding carboxylic acids is 4. The Kier molecular flexibility index (Phi) is 9.25. The highest BCUT2D eigenvalue weighted by Crippen LogP contribution is 2.06. The molecule has 0 heterocycles. The minimum Gasteiger partial charge on any atom is -0.480 e. The van der Waals surface area contributed by atoms with Crippen LogP contribution < -0.4 is 27.0 Å². The van der Waals surface area contributed by atoms with E-state index in [-0.39, 0.29) is 5.92 Å². The summed E-state index contributed by atoms with van der Waals surface area (Å²) in [6.07, 6.45) is 0. The summed E-state index contributed by atoms with van der Waals surface area (Å²) in [6, 6.07) is -1.90. The molecule has 0 saturated carbocycles. The molecule has 0 aliphatic rings. The SMILES string of the molecule is CC(C)[C@H](N)C(=O)NC(C)(C)C(=O)NCC(=O)NC(C)(C)C(=O)N[C@@H](C)C(=O)O. The third-order valence-electron chi connectivity index (χ3n) is 4.17. The number of carbonyl (C=O) groups is 5. The number of hydrogen-bond donors (Lipinski definition) is 6. The Morgan fingerprint density at radius 1 is 0.897 bits per heavy atom. The Morgan fingerprint density at radius 3 is 1.83 bits per heavy atom. The molecule has 0 rings (SSSR count). The van der Waals surface area contributed by atoms with Crippen molar-refractivity contribution < 1.29 is 29.1 Å². The van der Waals surface area contributed by atoms with Gasteiger partial charge in [0.25, 0.3) is 0 Å². The third-order valence-corrected chi connectivity index (χ3v) is 4.17. The van der Waals surface area contributed by atoms with Crippen LogP contribution in [0.3, 0.4) is 0 Å². The highest BCUT2D eigenvalue weighted by molar-refractivity contribution is 5.96. The average molecular weight is 415 g/mol. The highest BCUT2D eigenvalue weighted by atomic mass is 16.4. The van der Waals surface area contributed by atoms with Crippen molar-refractivity contribution in [3.63, 3.8) is 0 Å². The molecular weight excluding hydrogens is 382 g/mol. The minimum absolute atomic E-state index is 0.114. The van der Waals surface area contributed by atoms with Gasteiger partial charge in [0.05, 0.1) is 12.6 Å². The van der Waals surface area contributed by atoms with Crippen LogP contribution in [0.5, 0.6) is 0 Å². The van der Waals surface area contributed by atoms with Gasteiger partial charge >= 0.3 is 5.97 Å². The second-order valence-electron chi connectivity index (χ2n) is 8.27. The van der Waals surface area contributed by atoms with E-state index in [1.165, 1.54) is 34.6 Å². The van der Waals surface area contributed by atoms with E-state index in [0.717, 1.165) is 0 Å². The lowest BCUT2D eigenvalue weighted by Crippen LogP contribution is -2.61. The zero-order valence-electron chi connectivity index (χ0n) is 18.0. The van der Waals surface area contributed by atoms with Gasteiger partial charge in [-0.05, 0) is 40.5 Å². The Labute approximate surface area is 170 Å². The van der Waals surface area contributed by atoms with Gasteiger partial charge in [0.1, 0.15) is 17.1 Å². The van der Waals surface area contributed by atoms with Crippen LogP contribution in [-0.4, -0.2) is 64.4 Å². The van der Waals surface area contributed by atoms with E-state index in [4.69, 9.17) is 10.8 Å².